The molecular weight excluding hydrogens is 194 g/mol. The zero-order valence-corrected chi connectivity index (χ0v) is 8.22. The lowest BCUT2D eigenvalue weighted by molar-refractivity contribution is 0.0829. The lowest BCUT2D eigenvalue weighted by Crippen LogP contribution is -2.35. The van der Waals surface area contributed by atoms with Gasteiger partial charge in [-0.2, -0.15) is 0 Å². The minimum Gasteiger partial charge on any atom is -0.442 e. The Balaban J connectivity index is 2.03. The summed E-state index contributed by atoms with van der Waals surface area (Å²) >= 11 is 0. The Labute approximate surface area is 87.9 Å². The number of hydrogen-bond acceptors (Lipinski definition) is 3. The number of nitrogens with one attached hydrogen (secondary N) is 1. The van der Waals surface area contributed by atoms with Gasteiger partial charge in [0.2, 0.25) is 0 Å². The molecule has 1 heterocycles. The van der Waals surface area contributed by atoms with E-state index in [0.717, 1.165) is 5.56 Å². The Kier molecular flexibility index (Phi) is 2.87. The summed E-state index contributed by atoms with van der Waals surface area (Å²) in [4.78, 5) is 11.0. The number of amides is 1. The maximum absolute atomic E-state index is 11.0. The third kappa shape index (κ3) is 2.27. The smallest absolute Gasteiger partial charge is 0.407 e. The summed E-state index contributed by atoms with van der Waals surface area (Å²) in [5.74, 6) is 0. The molecule has 1 aliphatic rings. The van der Waals surface area contributed by atoms with Crippen LogP contribution in [0.3, 0.4) is 0 Å². The molecular formula is C11H13NO3. The van der Waals surface area contributed by atoms with Crippen molar-refractivity contribution in [1.82, 2.24) is 5.32 Å². The summed E-state index contributed by atoms with van der Waals surface area (Å²) in [5, 5.41) is 11.7. The van der Waals surface area contributed by atoms with E-state index < -0.39 is 12.2 Å². The van der Waals surface area contributed by atoms with Crippen LogP contribution in [-0.4, -0.2) is 30.0 Å². The number of hydrogen-bond donors (Lipinski definition) is 2. The lowest BCUT2D eigenvalue weighted by atomic mass is 10.0. The zero-order chi connectivity index (χ0) is 10.7. The largest absolute Gasteiger partial charge is 0.442 e. The highest BCUT2D eigenvalue weighted by molar-refractivity contribution is 5.70. The van der Waals surface area contributed by atoms with Crippen LogP contribution in [-0.2, 0) is 11.2 Å². The molecule has 4 nitrogen and oxygen atoms in total. The van der Waals surface area contributed by atoms with E-state index in [1.54, 1.807) is 0 Å². The molecule has 15 heavy (non-hydrogen) atoms. The van der Waals surface area contributed by atoms with Crippen molar-refractivity contribution in [3.8, 4) is 0 Å². The Morgan fingerprint density at radius 3 is 2.73 bits per heavy atom. The van der Waals surface area contributed by atoms with Crippen LogP contribution >= 0.6 is 0 Å². The van der Waals surface area contributed by atoms with Crippen LogP contribution < -0.4 is 5.32 Å². The molecule has 0 unspecified atom stereocenters. The Morgan fingerprint density at radius 2 is 2.07 bits per heavy atom. The van der Waals surface area contributed by atoms with Gasteiger partial charge in [-0.25, -0.2) is 4.79 Å². The maximum Gasteiger partial charge on any atom is 0.407 e. The van der Waals surface area contributed by atoms with Crippen molar-refractivity contribution in [3.05, 3.63) is 35.9 Å². The summed E-state index contributed by atoms with van der Waals surface area (Å²) in [6.45, 7) is -0.143. The number of cyclic esters (lactones) is 1. The Morgan fingerprint density at radius 1 is 1.33 bits per heavy atom. The molecule has 2 N–H and O–H groups in total. The Bertz CT molecular complexity index is 339. The molecule has 0 bridgehead atoms. The van der Waals surface area contributed by atoms with Crippen molar-refractivity contribution >= 4 is 6.09 Å². The van der Waals surface area contributed by atoms with E-state index in [1.165, 1.54) is 0 Å². The van der Waals surface area contributed by atoms with E-state index in [2.05, 4.69) is 5.32 Å². The predicted octanol–water partition coefficient (Wildman–Crippen LogP) is 0.698. The van der Waals surface area contributed by atoms with Gasteiger partial charge >= 0.3 is 6.09 Å². The van der Waals surface area contributed by atoms with Gasteiger partial charge in [0.1, 0.15) is 6.10 Å². The van der Waals surface area contributed by atoms with Gasteiger partial charge in [0.15, 0.2) is 0 Å². The average molecular weight is 207 g/mol. The topological polar surface area (TPSA) is 58.6 Å². The molecule has 1 aliphatic heterocycles. The highest BCUT2D eigenvalue weighted by atomic mass is 16.6. The van der Waals surface area contributed by atoms with Crippen molar-refractivity contribution in [1.29, 1.82) is 0 Å². The molecule has 80 valence electrons. The van der Waals surface area contributed by atoms with Crippen LogP contribution in [0.1, 0.15) is 5.56 Å². The number of aliphatic hydroxyl groups excluding tert-OH is 1. The normalized spacial score (nSPS) is 24.7. The predicted molar refractivity (Wildman–Crippen MR) is 54.4 cm³/mol. The number of alkyl carbamates (subject to hydrolysis) is 1. The monoisotopic (exact) mass is 207 g/mol. The maximum atomic E-state index is 11.0. The summed E-state index contributed by atoms with van der Waals surface area (Å²) in [6, 6.07) is 9.67. The van der Waals surface area contributed by atoms with Gasteiger partial charge in [0.25, 0.3) is 0 Å². The second-order valence-electron chi connectivity index (χ2n) is 3.57. The molecule has 0 aromatic heterocycles. The number of benzene rings is 1. The molecule has 0 spiro atoms. The van der Waals surface area contributed by atoms with Crippen LogP contribution in [0.4, 0.5) is 4.79 Å². The number of carbonyl (C=O) groups excluding carboxylic acids is 1. The fourth-order valence-corrected chi connectivity index (χ4v) is 1.71. The third-order valence-corrected chi connectivity index (χ3v) is 2.49. The van der Waals surface area contributed by atoms with E-state index in [0.29, 0.717) is 6.42 Å². The van der Waals surface area contributed by atoms with Crippen molar-refractivity contribution < 1.29 is 14.6 Å². The van der Waals surface area contributed by atoms with Gasteiger partial charge in [0, 0.05) is 0 Å². The first kappa shape index (κ1) is 9.98. The van der Waals surface area contributed by atoms with Gasteiger partial charge in [-0.05, 0) is 12.0 Å². The van der Waals surface area contributed by atoms with Crippen LogP contribution in [0.15, 0.2) is 30.3 Å². The number of rotatable bonds is 3. The fourth-order valence-electron chi connectivity index (χ4n) is 1.71. The van der Waals surface area contributed by atoms with Crippen molar-refractivity contribution in [2.24, 2.45) is 0 Å². The molecule has 1 aromatic rings. The highest BCUT2D eigenvalue weighted by Gasteiger charge is 2.33. The second-order valence-corrected chi connectivity index (χ2v) is 3.57. The first-order valence-corrected chi connectivity index (χ1v) is 4.91. The molecule has 2 rings (SSSR count). The van der Waals surface area contributed by atoms with E-state index in [9.17, 15) is 4.79 Å². The quantitative estimate of drug-likeness (QED) is 0.767. The summed E-state index contributed by atoms with van der Waals surface area (Å²) in [7, 11) is 0. The average Bonchev–Trinajstić information content (AvgIpc) is 2.60. The van der Waals surface area contributed by atoms with Gasteiger partial charge in [0.05, 0.1) is 12.6 Å². The molecule has 0 saturated carbocycles. The summed E-state index contributed by atoms with van der Waals surface area (Å²) in [6.07, 6.45) is -0.203. The van der Waals surface area contributed by atoms with Crippen LogP contribution in [0.5, 0.6) is 0 Å². The number of aliphatic hydroxyl groups is 1. The van der Waals surface area contributed by atoms with Gasteiger partial charge in [-0.15, -0.1) is 0 Å². The van der Waals surface area contributed by atoms with Gasteiger partial charge in [-0.3, -0.25) is 0 Å². The zero-order valence-electron chi connectivity index (χ0n) is 8.22. The molecule has 0 radical (unpaired) electrons. The van der Waals surface area contributed by atoms with E-state index in [4.69, 9.17) is 9.84 Å². The molecule has 4 heteroatoms. The number of carbonyl (C=O) groups is 1. The molecule has 1 aromatic carbocycles. The van der Waals surface area contributed by atoms with E-state index >= 15 is 0 Å². The second kappa shape index (κ2) is 4.31. The van der Waals surface area contributed by atoms with E-state index in [1.807, 2.05) is 30.3 Å². The minimum atomic E-state index is -0.449. The molecule has 2 atom stereocenters. The van der Waals surface area contributed by atoms with Crippen LogP contribution in [0.2, 0.25) is 0 Å². The SMILES string of the molecule is O=C1N[C@@H](Cc2ccccc2)[C@@H](CO)O1. The van der Waals surface area contributed by atoms with E-state index in [-0.39, 0.29) is 12.6 Å². The molecule has 1 amide bonds. The molecule has 1 fully saturated rings. The van der Waals surface area contributed by atoms with Crippen LogP contribution in [0.25, 0.3) is 0 Å². The first-order chi connectivity index (χ1) is 7.29. The van der Waals surface area contributed by atoms with Crippen molar-refractivity contribution in [2.45, 2.75) is 18.6 Å². The van der Waals surface area contributed by atoms with Gasteiger partial charge < -0.3 is 15.2 Å². The van der Waals surface area contributed by atoms with Crippen LogP contribution in [0, 0.1) is 0 Å². The molecule has 1 saturated heterocycles. The van der Waals surface area contributed by atoms with Crippen molar-refractivity contribution in [3.63, 3.8) is 0 Å². The minimum absolute atomic E-state index is 0.134. The fraction of sp³-hybridized carbons (Fsp3) is 0.364. The first-order valence-electron chi connectivity index (χ1n) is 4.91. The van der Waals surface area contributed by atoms with Gasteiger partial charge in [-0.1, -0.05) is 30.3 Å². The highest BCUT2D eigenvalue weighted by Crippen LogP contribution is 2.13. The summed E-state index contributed by atoms with van der Waals surface area (Å²) in [5.41, 5.74) is 1.12. The standard InChI is InChI=1S/C11H13NO3/c13-7-10-9(12-11(14)15-10)6-8-4-2-1-3-5-8/h1-5,9-10,13H,6-7H2,(H,12,14)/t9-,10+/m0/s1. The lowest BCUT2D eigenvalue weighted by Gasteiger charge is -2.14. The molecule has 0 aliphatic carbocycles. The third-order valence-electron chi connectivity index (χ3n) is 2.49. The van der Waals surface area contributed by atoms with Crippen molar-refractivity contribution in [2.75, 3.05) is 6.61 Å². The Hall–Kier alpha value is -1.55. The summed E-state index contributed by atoms with van der Waals surface area (Å²) < 4.78 is 4.90. The number of ether oxygens (including phenoxy) is 1.